The van der Waals surface area contributed by atoms with Gasteiger partial charge in [-0.3, -0.25) is 4.57 Å². The summed E-state index contributed by atoms with van der Waals surface area (Å²) in [5.74, 6) is 1.78. The number of hydrogen-bond donors (Lipinski definition) is 3. The third-order valence-electron chi connectivity index (χ3n) is 7.25. The standard InChI is InChI=1S/C27H33N9O2/c1-16-11-12-20(13-17(16)2)36-23(15-35(3)4)28-26(27(36)38)30-29-22-10-6-9-21(24(22)37)18-7-5-8-19(14-18)25-31-33-34-32-25/h6,9-13,18-19,37-38H,5,7-8,14-15H2,1-4H3,(H,31,32,33,34). The summed E-state index contributed by atoms with van der Waals surface area (Å²) < 4.78 is 1.69. The number of hydrogen-bond acceptors (Lipinski definition) is 9. The second-order valence-corrected chi connectivity index (χ2v) is 10.3. The molecule has 11 heteroatoms. The van der Waals surface area contributed by atoms with Crippen molar-refractivity contribution in [2.45, 2.75) is 57.9 Å². The van der Waals surface area contributed by atoms with Crippen molar-refractivity contribution >= 4 is 11.5 Å². The van der Waals surface area contributed by atoms with E-state index in [2.05, 4.69) is 35.8 Å². The van der Waals surface area contributed by atoms with E-state index in [0.717, 1.165) is 42.5 Å². The van der Waals surface area contributed by atoms with Crippen LogP contribution in [-0.2, 0) is 6.54 Å². The fourth-order valence-electron chi connectivity index (χ4n) is 5.15. The maximum absolute atomic E-state index is 11.1. The molecule has 0 saturated heterocycles. The number of nitrogens with zero attached hydrogens (tertiary/aromatic N) is 8. The first kappa shape index (κ1) is 25.5. The van der Waals surface area contributed by atoms with Gasteiger partial charge in [0.05, 0.1) is 12.2 Å². The summed E-state index contributed by atoms with van der Waals surface area (Å²) in [5, 5.41) is 45.3. The quantitative estimate of drug-likeness (QED) is 0.282. The van der Waals surface area contributed by atoms with E-state index in [-0.39, 0.29) is 29.3 Å². The minimum Gasteiger partial charge on any atom is -0.505 e. The fraction of sp³-hybridized carbons (Fsp3) is 0.407. The molecule has 0 bridgehead atoms. The lowest BCUT2D eigenvalue weighted by molar-refractivity contribution is 0.370. The number of benzene rings is 2. The molecule has 1 fully saturated rings. The summed E-state index contributed by atoms with van der Waals surface area (Å²) in [6.07, 6.45) is 3.78. The molecule has 11 nitrogen and oxygen atoms in total. The van der Waals surface area contributed by atoms with Crippen molar-refractivity contribution in [1.29, 1.82) is 0 Å². The number of aromatic hydroxyl groups is 2. The Hall–Kier alpha value is -4.12. The van der Waals surface area contributed by atoms with Gasteiger partial charge in [-0.1, -0.05) is 29.8 Å². The zero-order valence-corrected chi connectivity index (χ0v) is 22.1. The van der Waals surface area contributed by atoms with Crippen molar-refractivity contribution < 1.29 is 10.2 Å². The van der Waals surface area contributed by atoms with Gasteiger partial charge in [0, 0.05) is 5.92 Å². The highest BCUT2D eigenvalue weighted by Gasteiger charge is 2.29. The van der Waals surface area contributed by atoms with Crippen molar-refractivity contribution in [1.82, 2.24) is 35.1 Å². The predicted molar refractivity (Wildman–Crippen MR) is 143 cm³/mol. The highest BCUT2D eigenvalue weighted by atomic mass is 16.3. The van der Waals surface area contributed by atoms with Crippen molar-refractivity contribution in [2.24, 2.45) is 10.2 Å². The molecule has 5 rings (SSSR count). The number of aromatic amines is 1. The second kappa shape index (κ2) is 10.7. The Kier molecular flexibility index (Phi) is 7.19. The first-order valence-electron chi connectivity index (χ1n) is 12.8. The molecule has 2 aromatic carbocycles. The van der Waals surface area contributed by atoms with E-state index in [1.165, 1.54) is 5.56 Å². The number of H-pyrrole nitrogens is 1. The lowest BCUT2D eigenvalue weighted by Crippen LogP contribution is -2.15. The van der Waals surface area contributed by atoms with Crippen LogP contribution in [0.4, 0.5) is 11.5 Å². The summed E-state index contributed by atoms with van der Waals surface area (Å²) in [5.41, 5.74) is 4.24. The zero-order valence-electron chi connectivity index (χ0n) is 22.1. The van der Waals surface area contributed by atoms with E-state index in [1.807, 2.05) is 63.2 Å². The lowest BCUT2D eigenvalue weighted by atomic mass is 9.77. The summed E-state index contributed by atoms with van der Waals surface area (Å²) in [7, 11) is 3.88. The summed E-state index contributed by atoms with van der Waals surface area (Å²) in [4.78, 5) is 6.55. The average molecular weight is 516 g/mol. The molecular weight excluding hydrogens is 482 g/mol. The van der Waals surface area contributed by atoms with E-state index in [0.29, 0.717) is 23.9 Å². The van der Waals surface area contributed by atoms with Gasteiger partial charge in [-0.15, -0.1) is 20.4 Å². The Labute approximate surface area is 221 Å². The van der Waals surface area contributed by atoms with Crippen molar-refractivity contribution in [3.05, 3.63) is 64.7 Å². The molecule has 4 aromatic rings. The SMILES string of the molecule is Cc1ccc(-n2c(CN(C)C)nc(N=Nc3cccc(C4CCCC(c5nn[nH]n5)C4)c3O)c2O)cc1C. The molecule has 1 saturated carbocycles. The van der Waals surface area contributed by atoms with Crippen LogP contribution in [0.1, 0.15) is 65.9 Å². The van der Waals surface area contributed by atoms with Gasteiger partial charge in [0.25, 0.3) is 0 Å². The van der Waals surface area contributed by atoms with Gasteiger partial charge in [-0.2, -0.15) is 5.21 Å². The van der Waals surface area contributed by atoms with Crippen LogP contribution in [0.25, 0.3) is 5.69 Å². The van der Waals surface area contributed by atoms with Gasteiger partial charge >= 0.3 is 0 Å². The van der Waals surface area contributed by atoms with Gasteiger partial charge in [-0.05, 0) is 88.0 Å². The number of phenols is 1. The number of phenolic OH excluding ortho intramolecular Hbond substituents is 1. The molecule has 1 aliphatic rings. The van der Waals surface area contributed by atoms with Crippen molar-refractivity contribution in [3.8, 4) is 17.3 Å². The maximum Gasteiger partial charge on any atom is 0.245 e. The number of aromatic nitrogens is 6. The number of rotatable bonds is 7. The number of tetrazole rings is 1. The monoisotopic (exact) mass is 515 g/mol. The van der Waals surface area contributed by atoms with Gasteiger partial charge in [0.2, 0.25) is 11.7 Å². The van der Waals surface area contributed by atoms with Crippen LogP contribution < -0.4 is 0 Å². The molecule has 198 valence electrons. The number of imidazole rings is 1. The minimum absolute atomic E-state index is 0.0941. The molecule has 2 atom stereocenters. The zero-order chi connectivity index (χ0) is 26.8. The molecule has 2 aromatic heterocycles. The van der Waals surface area contributed by atoms with E-state index in [1.54, 1.807) is 10.6 Å². The third-order valence-corrected chi connectivity index (χ3v) is 7.25. The van der Waals surface area contributed by atoms with Crippen LogP contribution in [-0.4, -0.2) is 59.4 Å². The first-order chi connectivity index (χ1) is 18.3. The topological polar surface area (TPSA) is 141 Å². The Morgan fingerprint density at radius 1 is 1.05 bits per heavy atom. The summed E-state index contributed by atoms with van der Waals surface area (Å²) in [6, 6.07) is 11.5. The van der Waals surface area contributed by atoms with Crippen LogP contribution in [0.5, 0.6) is 11.6 Å². The highest BCUT2D eigenvalue weighted by Crippen LogP contribution is 2.45. The van der Waals surface area contributed by atoms with E-state index in [4.69, 9.17) is 0 Å². The summed E-state index contributed by atoms with van der Waals surface area (Å²) >= 11 is 0. The fourth-order valence-corrected chi connectivity index (χ4v) is 5.15. The van der Waals surface area contributed by atoms with Gasteiger partial charge in [0.15, 0.2) is 5.82 Å². The van der Waals surface area contributed by atoms with Gasteiger partial charge in [0.1, 0.15) is 17.3 Å². The Morgan fingerprint density at radius 2 is 1.87 bits per heavy atom. The van der Waals surface area contributed by atoms with Crippen LogP contribution in [0.15, 0.2) is 46.6 Å². The lowest BCUT2D eigenvalue weighted by Gasteiger charge is -2.28. The molecular formula is C27H33N9O2. The van der Waals surface area contributed by atoms with Gasteiger partial charge < -0.3 is 15.1 Å². The van der Waals surface area contributed by atoms with Crippen molar-refractivity contribution in [3.63, 3.8) is 0 Å². The van der Waals surface area contributed by atoms with Crippen LogP contribution in [0.3, 0.4) is 0 Å². The molecule has 0 spiro atoms. The van der Waals surface area contributed by atoms with Crippen LogP contribution in [0, 0.1) is 13.8 Å². The maximum atomic E-state index is 11.1. The summed E-state index contributed by atoms with van der Waals surface area (Å²) in [6.45, 7) is 4.58. The molecule has 2 unspecified atom stereocenters. The minimum atomic E-state index is -0.0975. The third kappa shape index (κ3) is 5.14. The van der Waals surface area contributed by atoms with E-state index in [9.17, 15) is 10.2 Å². The number of aryl methyl sites for hydroxylation is 2. The highest BCUT2D eigenvalue weighted by molar-refractivity contribution is 5.57. The molecule has 3 N–H and O–H groups in total. The largest absolute Gasteiger partial charge is 0.505 e. The smallest absolute Gasteiger partial charge is 0.245 e. The van der Waals surface area contributed by atoms with Crippen LogP contribution in [0.2, 0.25) is 0 Å². The van der Waals surface area contributed by atoms with Crippen molar-refractivity contribution in [2.75, 3.05) is 14.1 Å². The Bertz CT molecular complexity index is 1440. The van der Waals surface area contributed by atoms with E-state index >= 15 is 0 Å². The molecule has 0 amide bonds. The average Bonchev–Trinajstić information content (AvgIpc) is 3.54. The molecule has 0 radical (unpaired) electrons. The molecule has 1 aliphatic carbocycles. The molecule has 0 aliphatic heterocycles. The second-order valence-electron chi connectivity index (χ2n) is 10.3. The molecule has 38 heavy (non-hydrogen) atoms. The predicted octanol–water partition coefficient (Wildman–Crippen LogP) is 5.33. The van der Waals surface area contributed by atoms with Gasteiger partial charge in [-0.25, -0.2) is 4.98 Å². The number of nitrogens with one attached hydrogen (secondary N) is 1. The van der Waals surface area contributed by atoms with E-state index < -0.39 is 0 Å². The Balaban J connectivity index is 1.44. The Morgan fingerprint density at radius 3 is 2.61 bits per heavy atom. The first-order valence-corrected chi connectivity index (χ1v) is 12.8. The number of para-hydroxylation sites is 1. The normalized spacial score (nSPS) is 18.0. The number of azo groups is 1. The molecule has 2 heterocycles. The van der Waals surface area contributed by atoms with Crippen LogP contribution >= 0.6 is 0 Å².